The second kappa shape index (κ2) is 8.02. The third kappa shape index (κ3) is 3.60. The van der Waals surface area contributed by atoms with E-state index in [1.165, 1.54) is 22.4 Å². The minimum Gasteiger partial charge on any atom is -0.388 e. The van der Waals surface area contributed by atoms with E-state index >= 15 is 0 Å². The predicted molar refractivity (Wildman–Crippen MR) is 110 cm³/mol. The Labute approximate surface area is 150 Å². The van der Waals surface area contributed by atoms with E-state index in [1.807, 2.05) is 14.1 Å². The highest BCUT2D eigenvalue weighted by atomic mass is 14.9. The van der Waals surface area contributed by atoms with Crippen molar-refractivity contribution in [3.05, 3.63) is 65.7 Å². The second-order valence-corrected chi connectivity index (χ2v) is 6.39. The molecule has 0 aliphatic carbocycles. The Kier molecular flexibility index (Phi) is 5.54. The third-order valence-corrected chi connectivity index (χ3v) is 4.81. The van der Waals surface area contributed by atoms with Crippen molar-refractivity contribution < 1.29 is 0 Å². The van der Waals surface area contributed by atoms with E-state index in [0.29, 0.717) is 5.92 Å². The number of nitrogens with one attached hydrogen (secondary N) is 2. The fourth-order valence-corrected chi connectivity index (χ4v) is 3.61. The average molecular weight is 333 g/mol. The van der Waals surface area contributed by atoms with Gasteiger partial charge in [0.15, 0.2) is 0 Å². The summed E-state index contributed by atoms with van der Waals surface area (Å²) < 4.78 is 0. The molecule has 3 rings (SSSR count). The van der Waals surface area contributed by atoms with Crippen LogP contribution in [0.25, 0.3) is 5.57 Å². The van der Waals surface area contributed by atoms with Gasteiger partial charge in [-0.2, -0.15) is 0 Å². The van der Waals surface area contributed by atoms with Gasteiger partial charge in [-0.25, -0.2) is 0 Å². The van der Waals surface area contributed by atoms with Crippen molar-refractivity contribution in [3.63, 3.8) is 0 Å². The Morgan fingerprint density at radius 2 is 1.96 bits per heavy atom. The van der Waals surface area contributed by atoms with Crippen molar-refractivity contribution >= 4 is 22.7 Å². The number of fused-ring (bicyclic) bond motifs is 1. The van der Waals surface area contributed by atoms with Crippen LogP contribution in [0.4, 0.5) is 11.4 Å². The Morgan fingerprint density at radius 1 is 1.20 bits per heavy atom. The number of rotatable bonds is 6. The van der Waals surface area contributed by atoms with Crippen LogP contribution in [0, 0.1) is 5.92 Å². The van der Waals surface area contributed by atoms with Crippen molar-refractivity contribution in [1.29, 1.82) is 0 Å². The van der Waals surface area contributed by atoms with Gasteiger partial charge in [0.05, 0.1) is 5.71 Å². The summed E-state index contributed by atoms with van der Waals surface area (Å²) in [4.78, 5) is 4.70. The van der Waals surface area contributed by atoms with Gasteiger partial charge in [0.2, 0.25) is 0 Å². The minimum absolute atomic E-state index is 0.312. The Bertz CT molecular complexity index is 789. The molecule has 25 heavy (non-hydrogen) atoms. The van der Waals surface area contributed by atoms with Crippen LogP contribution < -0.4 is 10.6 Å². The van der Waals surface area contributed by atoms with Crippen LogP contribution in [0.1, 0.15) is 30.9 Å². The van der Waals surface area contributed by atoms with Crippen molar-refractivity contribution in [1.82, 2.24) is 0 Å². The Balaban J connectivity index is 2.00. The van der Waals surface area contributed by atoms with Gasteiger partial charge in [-0.3, -0.25) is 4.99 Å². The molecule has 2 aromatic rings. The first-order valence-corrected chi connectivity index (χ1v) is 9.06. The van der Waals surface area contributed by atoms with Crippen LogP contribution in [0.5, 0.6) is 0 Å². The number of benzene rings is 2. The summed E-state index contributed by atoms with van der Waals surface area (Å²) in [6, 6.07) is 17.0. The smallest absolute Gasteiger partial charge is 0.0506 e. The van der Waals surface area contributed by atoms with Crippen LogP contribution in [0.2, 0.25) is 0 Å². The first kappa shape index (κ1) is 17.3. The maximum absolute atomic E-state index is 4.70. The topological polar surface area (TPSA) is 36.4 Å². The van der Waals surface area contributed by atoms with E-state index in [1.54, 1.807) is 0 Å². The highest BCUT2D eigenvalue weighted by Gasteiger charge is 2.21. The third-order valence-electron chi connectivity index (χ3n) is 4.81. The van der Waals surface area contributed by atoms with Gasteiger partial charge in [-0.1, -0.05) is 55.8 Å². The van der Waals surface area contributed by atoms with E-state index in [0.717, 1.165) is 30.8 Å². The molecule has 2 aromatic carbocycles. The predicted octanol–water partition coefficient (Wildman–Crippen LogP) is 5.07. The van der Waals surface area contributed by atoms with Gasteiger partial charge >= 0.3 is 0 Å². The van der Waals surface area contributed by atoms with Crippen LogP contribution in [0.15, 0.2) is 59.6 Å². The van der Waals surface area contributed by atoms with Crippen LogP contribution in [-0.2, 0) is 0 Å². The summed E-state index contributed by atoms with van der Waals surface area (Å²) in [5.41, 5.74) is 7.41. The number of nitrogens with zero attached hydrogens (tertiary/aromatic N) is 1. The quantitative estimate of drug-likeness (QED) is 0.724. The molecule has 0 fully saturated rings. The number of anilines is 2. The fraction of sp³-hybridized carbons (Fsp3) is 0.318. The zero-order valence-corrected chi connectivity index (χ0v) is 15.3. The first-order chi connectivity index (χ1) is 12.3. The molecule has 0 aromatic heterocycles. The lowest BCUT2D eigenvalue weighted by Gasteiger charge is -2.19. The van der Waals surface area contributed by atoms with Gasteiger partial charge in [-0.05, 0) is 24.1 Å². The second-order valence-electron chi connectivity index (χ2n) is 6.39. The lowest BCUT2D eigenvalue weighted by molar-refractivity contribution is 0.721. The molecule has 0 saturated heterocycles. The van der Waals surface area contributed by atoms with Crippen LogP contribution >= 0.6 is 0 Å². The molecule has 0 radical (unpaired) electrons. The monoisotopic (exact) mass is 333 g/mol. The number of aliphatic imine (C=N–C) groups is 1. The SMILES string of the molecule is CCCC(/C=C1\CNc2ccccc21)/C(=N/C)c1ccccc1NC. The van der Waals surface area contributed by atoms with Crippen molar-refractivity contribution in [2.75, 3.05) is 31.3 Å². The minimum atomic E-state index is 0.312. The highest BCUT2D eigenvalue weighted by molar-refractivity contribution is 6.08. The molecule has 130 valence electrons. The first-order valence-electron chi connectivity index (χ1n) is 9.06. The maximum Gasteiger partial charge on any atom is 0.0506 e. The Hall–Kier alpha value is -2.55. The molecule has 0 amide bonds. The number of hydrogen-bond donors (Lipinski definition) is 2. The van der Waals surface area contributed by atoms with E-state index < -0.39 is 0 Å². The van der Waals surface area contributed by atoms with Gasteiger partial charge in [-0.15, -0.1) is 0 Å². The molecule has 3 heteroatoms. The molecule has 1 heterocycles. The normalized spacial score (nSPS) is 16.4. The number of allylic oxidation sites excluding steroid dienone is 1. The summed E-state index contributed by atoms with van der Waals surface area (Å²) in [7, 11) is 3.88. The largest absolute Gasteiger partial charge is 0.388 e. The Morgan fingerprint density at radius 3 is 2.72 bits per heavy atom. The molecule has 0 bridgehead atoms. The summed E-state index contributed by atoms with van der Waals surface area (Å²) in [6.07, 6.45) is 4.64. The lowest BCUT2D eigenvalue weighted by Crippen LogP contribution is -2.16. The molecule has 1 unspecified atom stereocenters. The zero-order valence-electron chi connectivity index (χ0n) is 15.3. The van der Waals surface area contributed by atoms with Crippen LogP contribution in [-0.4, -0.2) is 26.4 Å². The van der Waals surface area contributed by atoms with E-state index in [-0.39, 0.29) is 0 Å². The standard InChI is InChI=1S/C22H27N3/c1-4-9-16(14-17-15-25-21-13-8-5-10-18(17)21)22(24-3)19-11-6-7-12-20(19)23-2/h5-8,10-14,16,23,25H,4,9,15H2,1-3H3/b17-14+,24-22-. The van der Waals surface area contributed by atoms with Gasteiger partial charge < -0.3 is 10.6 Å². The molecule has 2 N–H and O–H groups in total. The van der Waals surface area contributed by atoms with E-state index in [4.69, 9.17) is 4.99 Å². The van der Waals surface area contributed by atoms with Crippen LogP contribution in [0.3, 0.4) is 0 Å². The van der Waals surface area contributed by atoms with Gasteiger partial charge in [0.25, 0.3) is 0 Å². The molecule has 0 spiro atoms. The summed E-state index contributed by atoms with van der Waals surface area (Å²) >= 11 is 0. The van der Waals surface area contributed by atoms with E-state index in [9.17, 15) is 0 Å². The molecular formula is C22H27N3. The highest BCUT2D eigenvalue weighted by Crippen LogP contribution is 2.33. The molecule has 1 aliphatic rings. The zero-order chi connectivity index (χ0) is 17.6. The summed E-state index contributed by atoms with van der Waals surface area (Å²) in [5, 5.41) is 6.80. The molecule has 0 saturated carbocycles. The average Bonchev–Trinajstić information content (AvgIpc) is 3.06. The molecule has 1 aliphatic heterocycles. The van der Waals surface area contributed by atoms with Gasteiger partial charge in [0.1, 0.15) is 0 Å². The van der Waals surface area contributed by atoms with Gasteiger partial charge in [0, 0.05) is 49.1 Å². The summed E-state index contributed by atoms with van der Waals surface area (Å²) in [5.74, 6) is 0.312. The number of hydrogen-bond acceptors (Lipinski definition) is 3. The summed E-state index contributed by atoms with van der Waals surface area (Å²) in [6.45, 7) is 3.13. The van der Waals surface area contributed by atoms with Crippen molar-refractivity contribution in [2.45, 2.75) is 19.8 Å². The van der Waals surface area contributed by atoms with E-state index in [2.05, 4.69) is 72.2 Å². The van der Waals surface area contributed by atoms with Crippen molar-refractivity contribution in [3.8, 4) is 0 Å². The molecular weight excluding hydrogens is 306 g/mol. The fourth-order valence-electron chi connectivity index (χ4n) is 3.61. The van der Waals surface area contributed by atoms with Crippen molar-refractivity contribution in [2.24, 2.45) is 10.9 Å². The maximum atomic E-state index is 4.70. The lowest BCUT2D eigenvalue weighted by atomic mass is 9.88. The number of para-hydroxylation sites is 2. The molecule has 3 nitrogen and oxygen atoms in total. The molecule has 1 atom stereocenters.